The van der Waals surface area contributed by atoms with Crippen LogP contribution >= 0.6 is 0 Å². The molecule has 1 aliphatic carbocycles. The van der Waals surface area contributed by atoms with Crippen LogP contribution in [0, 0.1) is 0 Å². The van der Waals surface area contributed by atoms with Crippen LogP contribution in [0.5, 0.6) is 5.75 Å². The predicted octanol–water partition coefficient (Wildman–Crippen LogP) is 3.75. The number of ether oxygens (including phenoxy) is 1. The van der Waals surface area contributed by atoms with Gasteiger partial charge in [-0.1, -0.05) is 30.3 Å². The molecule has 5 aromatic rings. The summed E-state index contributed by atoms with van der Waals surface area (Å²) in [6.45, 7) is 0.540. The molecular formula is C23H20N6O. The fraction of sp³-hybridized carbons (Fsp3) is 0.217. The number of nitrogens with zero attached hydrogens (tertiary/aromatic N) is 6. The van der Waals surface area contributed by atoms with E-state index in [1.165, 1.54) is 24.0 Å². The van der Waals surface area contributed by atoms with E-state index in [4.69, 9.17) is 9.72 Å². The standard InChI is InChI=1S/C23H20N6O/c1-28-22-20(12-25-28)23-26-21(27-29(23)14-24-22)17-7-5-15(6-8-17)13-30-19-10-9-16-3-2-4-18(16)11-19/h5-12,14H,2-4,13H2,1H3. The highest BCUT2D eigenvalue weighted by atomic mass is 16.5. The first kappa shape index (κ1) is 17.1. The summed E-state index contributed by atoms with van der Waals surface area (Å²) >= 11 is 0. The van der Waals surface area contributed by atoms with Gasteiger partial charge in [-0.2, -0.15) is 5.10 Å². The van der Waals surface area contributed by atoms with Crippen molar-refractivity contribution in [1.29, 1.82) is 0 Å². The SMILES string of the molecule is Cn1ncc2c1ncn1nc(-c3ccc(COc4ccc5c(c4)CCC5)cc3)nc21. The van der Waals surface area contributed by atoms with Gasteiger partial charge in [0.25, 0.3) is 0 Å². The number of hydrogen-bond donors (Lipinski definition) is 0. The monoisotopic (exact) mass is 396 g/mol. The number of aromatic nitrogens is 6. The lowest BCUT2D eigenvalue weighted by molar-refractivity contribution is 0.306. The van der Waals surface area contributed by atoms with Crippen molar-refractivity contribution in [3.05, 3.63) is 71.7 Å². The molecule has 3 aromatic heterocycles. The second kappa shape index (κ2) is 6.66. The molecule has 7 heteroatoms. The first-order valence-electron chi connectivity index (χ1n) is 10.1. The van der Waals surface area contributed by atoms with Crippen molar-refractivity contribution in [2.45, 2.75) is 25.9 Å². The zero-order valence-electron chi connectivity index (χ0n) is 16.6. The molecule has 0 amide bonds. The Morgan fingerprint density at radius 2 is 1.87 bits per heavy atom. The fourth-order valence-corrected chi connectivity index (χ4v) is 4.12. The van der Waals surface area contributed by atoms with E-state index in [-0.39, 0.29) is 0 Å². The van der Waals surface area contributed by atoms with Gasteiger partial charge in [0, 0.05) is 12.6 Å². The van der Waals surface area contributed by atoms with Gasteiger partial charge in [0.05, 0.1) is 11.6 Å². The number of hydrogen-bond acceptors (Lipinski definition) is 5. The first-order valence-corrected chi connectivity index (χ1v) is 10.1. The Balaban J connectivity index is 1.23. The van der Waals surface area contributed by atoms with Gasteiger partial charge in [-0.25, -0.2) is 14.5 Å². The Kier molecular flexibility index (Phi) is 3.80. The second-order valence-corrected chi connectivity index (χ2v) is 7.72. The summed E-state index contributed by atoms with van der Waals surface area (Å²) in [7, 11) is 1.87. The molecule has 1 aliphatic rings. The molecule has 0 unspecified atom stereocenters. The van der Waals surface area contributed by atoms with Gasteiger partial charge in [-0.05, 0) is 48.1 Å². The third-order valence-electron chi connectivity index (χ3n) is 5.76. The van der Waals surface area contributed by atoms with Crippen LogP contribution in [0.3, 0.4) is 0 Å². The minimum Gasteiger partial charge on any atom is -0.489 e. The van der Waals surface area contributed by atoms with Crippen LogP contribution in [0.2, 0.25) is 0 Å². The Labute approximate surface area is 173 Å². The van der Waals surface area contributed by atoms with Gasteiger partial charge in [-0.3, -0.25) is 4.68 Å². The average Bonchev–Trinajstić information content (AvgIpc) is 3.50. The van der Waals surface area contributed by atoms with Crippen LogP contribution in [0.25, 0.3) is 28.1 Å². The molecule has 0 bridgehead atoms. The Bertz CT molecular complexity index is 1380. The van der Waals surface area contributed by atoms with E-state index < -0.39 is 0 Å². The van der Waals surface area contributed by atoms with Crippen molar-refractivity contribution in [3.63, 3.8) is 0 Å². The summed E-state index contributed by atoms with van der Waals surface area (Å²) in [5.74, 6) is 1.61. The minimum atomic E-state index is 0.540. The molecule has 6 rings (SSSR count). The van der Waals surface area contributed by atoms with E-state index >= 15 is 0 Å². The van der Waals surface area contributed by atoms with Crippen LogP contribution in [-0.4, -0.2) is 29.4 Å². The number of aryl methyl sites for hydroxylation is 3. The Morgan fingerprint density at radius 1 is 1.00 bits per heavy atom. The number of rotatable bonds is 4. The van der Waals surface area contributed by atoms with Crippen molar-refractivity contribution >= 4 is 16.7 Å². The highest BCUT2D eigenvalue weighted by Crippen LogP contribution is 2.27. The third kappa shape index (κ3) is 2.82. The summed E-state index contributed by atoms with van der Waals surface area (Å²) in [5, 5.41) is 9.72. The van der Waals surface area contributed by atoms with Gasteiger partial charge >= 0.3 is 0 Å². The van der Waals surface area contributed by atoms with Crippen LogP contribution in [-0.2, 0) is 26.5 Å². The highest BCUT2D eigenvalue weighted by Gasteiger charge is 2.13. The summed E-state index contributed by atoms with van der Waals surface area (Å²) < 4.78 is 9.44. The maximum atomic E-state index is 6.01. The van der Waals surface area contributed by atoms with Gasteiger partial charge in [0.1, 0.15) is 18.7 Å². The molecule has 0 aliphatic heterocycles. The minimum absolute atomic E-state index is 0.540. The average molecular weight is 396 g/mol. The molecular weight excluding hydrogens is 376 g/mol. The predicted molar refractivity (Wildman–Crippen MR) is 113 cm³/mol. The Hall–Kier alpha value is -3.74. The fourth-order valence-electron chi connectivity index (χ4n) is 4.12. The van der Waals surface area contributed by atoms with Crippen molar-refractivity contribution < 1.29 is 4.74 Å². The van der Waals surface area contributed by atoms with Crippen LogP contribution in [0.15, 0.2) is 55.0 Å². The summed E-state index contributed by atoms with van der Waals surface area (Å²) in [6, 6.07) is 14.6. The molecule has 2 aromatic carbocycles. The van der Waals surface area contributed by atoms with Crippen LogP contribution < -0.4 is 4.74 Å². The highest BCUT2D eigenvalue weighted by molar-refractivity contribution is 5.88. The topological polar surface area (TPSA) is 70.1 Å². The van der Waals surface area contributed by atoms with E-state index in [1.807, 2.05) is 19.2 Å². The smallest absolute Gasteiger partial charge is 0.182 e. The van der Waals surface area contributed by atoms with E-state index in [0.717, 1.165) is 40.0 Å². The molecule has 0 atom stereocenters. The van der Waals surface area contributed by atoms with Crippen molar-refractivity contribution in [1.82, 2.24) is 29.4 Å². The van der Waals surface area contributed by atoms with Crippen molar-refractivity contribution in [3.8, 4) is 17.1 Å². The number of fused-ring (bicyclic) bond motifs is 4. The van der Waals surface area contributed by atoms with Crippen molar-refractivity contribution in [2.75, 3.05) is 0 Å². The van der Waals surface area contributed by atoms with E-state index in [9.17, 15) is 0 Å². The maximum Gasteiger partial charge on any atom is 0.182 e. The van der Waals surface area contributed by atoms with E-state index in [1.54, 1.807) is 21.7 Å². The van der Waals surface area contributed by atoms with Gasteiger partial charge in [-0.15, -0.1) is 5.10 Å². The molecule has 0 spiro atoms. The maximum absolute atomic E-state index is 6.01. The largest absolute Gasteiger partial charge is 0.489 e. The van der Waals surface area contributed by atoms with Crippen molar-refractivity contribution in [2.24, 2.45) is 7.05 Å². The first-order chi connectivity index (χ1) is 14.7. The van der Waals surface area contributed by atoms with Crippen LogP contribution in [0.1, 0.15) is 23.1 Å². The molecule has 0 radical (unpaired) electrons. The molecule has 0 saturated heterocycles. The summed E-state index contributed by atoms with van der Waals surface area (Å²) in [4.78, 5) is 9.12. The molecule has 0 fully saturated rings. The normalized spacial score (nSPS) is 13.2. The lowest BCUT2D eigenvalue weighted by Gasteiger charge is -2.08. The lowest BCUT2D eigenvalue weighted by Crippen LogP contribution is -1.96. The van der Waals surface area contributed by atoms with Crippen LogP contribution in [0.4, 0.5) is 0 Å². The van der Waals surface area contributed by atoms with E-state index in [0.29, 0.717) is 12.4 Å². The zero-order valence-corrected chi connectivity index (χ0v) is 16.6. The number of benzene rings is 2. The second-order valence-electron chi connectivity index (χ2n) is 7.72. The quantitative estimate of drug-likeness (QED) is 0.463. The lowest BCUT2D eigenvalue weighted by atomic mass is 10.1. The Morgan fingerprint density at radius 3 is 2.77 bits per heavy atom. The zero-order chi connectivity index (χ0) is 20.1. The summed E-state index contributed by atoms with van der Waals surface area (Å²) in [6.07, 6.45) is 7.05. The summed E-state index contributed by atoms with van der Waals surface area (Å²) in [5.41, 5.74) is 6.51. The van der Waals surface area contributed by atoms with Gasteiger partial charge in [0.15, 0.2) is 17.1 Å². The molecule has 0 N–H and O–H groups in total. The molecule has 30 heavy (non-hydrogen) atoms. The molecule has 7 nitrogen and oxygen atoms in total. The van der Waals surface area contributed by atoms with Gasteiger partial charge in [0.2, 0.25) is 0 Å². The van der Waals surface area contributed by atoms with E-state index in [2.05, 4.69) is 45.5 Å². The third-order valence-corrected chi connectivity index (χ3v) is 5.76. The van der Waals surface area contributed by atoms with Gasteiger partial charge < -0.3 is 4.74 Å². The molecule has 0 saturated carbocycles. The molecule has 3 heterocycles. The molecule has 148 valence electrons.